The molecule has 0 aliphatic carbocycles. The largest absolute Gasteiger partial charge is 0.480 e. The summed E-state index contributed by atoms with van der Waals surface area (Å²) in [5, 5.41) is 8.98. The fourth-order valence-electron chi connectivity index (χ4n) is 1.57. The Morgan fingerprint density at radius 2 is 2.17 bits per heavy atom. The first-order valence-electron chi connectivity index (χ1n) is 4.94. The van der Waals surface area contributed by atoms with Crippen molar-refractivity contribution in [2.24, 2.45) is 4.40 Å². The highest BCUT2D eigenvalue weighted by molar-refractivity contribution is 9.10. The van der Waals surface area contributed by atoms with Crippen molar-refractivity contribution in [1.82, 2.24) is 0 Å². The van der Waals surface area contributed by atoms with Crippen molar-refractivity contribution >= 4 is 43.9 Å². The van der Waals surface area contributed by atoms with Crippen LogP contribution in [0.2, 0.25) is 0 Å². The van der Waals surface area contributed by atoms with Crippen LogP contribution in [0.1, 0.15) is 6.92 Å². The number of carboxylic acids is 1. The van der Waals surface area contributed by atoms with Gasteiger partial charge in [0.2, 0.25) is 0 Å². The van der Waals surface area contributed by atoms with Gasteiger partial charge in [-0.25, -0.2) is 4.79 Å². The van der Waals surface area contributed by atoms with Crippen LogP contribution >= 0.6 is 15.9 Å². The van der Waals surface area contributed by atoms with E-state index in [0.29, 0.717) is 10.2 Å². The zero-order chi connectivity index (χ0) is 13.5. The predicted molar refractivity (Wildman–Crippen MR) is 69.4 cm³/mol. The fourth-order valence-corrected chi connectivity index (χ4v) is 3.13. The van der Waals surface area contributed by atoms with E-state index in [9.17, 15) is 13.2 Å². The van der Waals surface area contributed by atoms with Gasteiger partial charge in [0.1, 0.15) is 17.3 Å². The molecule has 1 aromatic carbocycles. The summed E-state index contributed by atoms with van der Waals surface area (Å²) in [4.78, 5) is 12.3. The van der Waals surface area contributed by atoms with Gasteiger partial charge in [0, 0.05) is 4.47 Å². The average Bonchev–Trinajstić information content (AvgIpc) is 2.29. The lowest BCUT2D eigenvalue weighted by atomic mass is 10.2. The van der Waals surface area contributed by atoms with E-state index in [1.165, 1.54) is 17.9 Å². The van der Waals surface area contributed by atoms with E-state index in [0.717, 1.165) is 6.34 Å². The standard InChI is InChI=1S/C10H9BrN2O4S/c1-6(10(14)15)13-5-12-18(16,17)9-4-7(11)2-3-8(9)13/h2-6H,1H3,(H,14,15). The van der Waals surface area contributed by atoms with Crippen LogP contribution in [0.5, 0.6) is 0 Å². The topological polar surface area (TPSA) is 87.0 Å². The maximum atomic E-state index is 11.8. The summed E-state index contributed by atoms with van der Waals surface area (Å²) in [6.07, 6.45) is 1.03. The second-order valence-electron chi connectivity index (χ2n) is 3.73. The van der Waals surface area contributed by atoms with E-state index in [4.69, 9.17) is 5.11 Å². The Hall–Kier alpha value is -1.41. The molecule has 0 aromatic heterocycles. The summed E-state index contributed by atoms with van der Waals surface area (Å²) in [5.41, 5.74) is 0.308. The van der Waals surface area contributed by atoms with E-state index < -0.39 is 22.0 Å². The molecule has 2 rings (SSSR count). The number of benzene rings is 1. The molecule has 1 unspecified atom stereocenters. The van der Waals surface area contributed by atoms with Gasteiger partial charge in [0.15, 0.2) is 0 Å². The molecule has 1 aliphatic heterocycles. The van der Waals surface area contributed by atoms with Crippen LogP contribution in [-0.2, 0) is 14.8 Å². The lowest BCUT2D eigenvalue weighted by Crippen LogP contribution is -2.40. The monoisotopic (exact) mass is 332 g/mol. The molecule has 0 saturated carbocycles. The zero-order valence-corrected chi connectivity index (χ0v) is 11.6. The summed E-state index contributed by atoms with van der Waals surface area (Å²) in [5.74, 6) is -1.06. The predicted octanol–water partition coefficient (Wildman–Crippen LogP) is 1.46. The van der Waals surface area contributed by atoms with Crippen molar-refractivity contribution in [2.75, 3.05) is 4.90 Å². The van der Waals surface area contributed by atoms with Gasteiger partial charge in [-0.05, 0) is 25.1 Å². The van der Waals surface area contributed by atoms with Gasteiger partial charge in [-0.3, -0.25) is 0 Å². The van der Waals surface area contributed by atoms with Crippen LogP contribution in [0.4, 0.5) is 5.69 Å². The Balaban J connectivity index is 2.62. The van der Waals surface area contributed by atoms with Crippen molar-refractivity contribution < 1.29 is 18.3 Å². The molecular weight excluding hydrogens is 324 g/mol. The Morgan fingerprint density at radius 1 is 1.50 bits per heavy atom. The normalized spacial score (nSPS) is 18.2. The number of hydrogen-bond acceptors (Lipinski definition) is 4. The molecule has 0 spiro atoms. The molecule has 18 heavy (non-hydrogen) atoms. The molecule has 1 N–H and O–H groups in total. The third-order valence-corrected chi connectivity index (χ3v) is 4.31. The van der Waals surface area contributed by atoms with Gasteiger partial charge >= 0.3 is 5.97 Å². The fraction of sp³-hybridized carbons (Fsp3) is 0.200. The van der Waals surface area contributed by atoms with E-state index in [1.807, 2.05) is 0 Å². The Bertz CT molecular complexity index is 641. The van der Waals surface area contributed by atoms with Gasteiger partial charge in [-0.2, -0.15) is 8.42 Å². The van der Waals surface area contributed by atoms with Crippen molar-refractivity contribution in [1.29, 1.82) is 0 Å². The second-order valence-corrected chi connectivity index (χ2v) is 6.25. The number of rotatable bonds is 2. The number of carboxylic acid groups (broad SMARTS) is 1. The highest BCUT2D eigenvalue weighted by Crippen LogP contribution is 2.33. The minimum atomic E-state index is -3.75. The highest BCUT2D eigenvalue weighted by Gasteiger charge is 2.30. The van der Waals surface area contributed by atoms with Crippen LogP contribution in [0.25, 0.3) is 0 Å². The summed E-state index contributed by atoms with van der Waals surface area (Å²) >= 11 is 3.18. The van der Waals surface area contributed by atoms with Crippen LogP contribution in [0.3, 0.4) is 0 Å². The molecule has 0 fully saturated rings. The zero-order valence-electron chi connectivity index (χ0n) is 9.24. The maximum absolute atomic E-state index is 11.8. The van der Waals surface area contributed by atoms with Gasteiger partial charge < -0.3 is 10.0 Å². The van der Waals surface area contributed by atoms with Crippen LogP contribution in [0.15, 0.2) is 32.0 Å². The number of nitrogens with zero attached hydrogens (tertiary/aromatic N) is 2. The first-order valence-corrected chi connectivity index (χ1v) is 7.17. The quantitative estimate of drug-likeness (QED) is 0.885. The first kappa shape index (κ1) is 13.0. The number of fused-ring (bicyclic) bond motifs is 1. The van der Waals surface area contributed by atoms with Crippen molar-refractivity contribution in [3.05, 3.63) is 22.7 Å². The molecule has 8 heteroatoms. The SMILES string of the molecule is CC(C(=O)O)N1C=NS(=O)(=O)c2cc(Br)ccc21. The minimum Gasteiger partial charge on any atom is -0.480 e. The first-order chi connectivity index (χ1) is 8.33. The van der Waals surface area contributed by atoms with Gasteiger partial charge in [-0.15, -0.1) is 4.40 Å². The Morgan fingerprint density at radius 3 is 2.78 bits per heavy atom. The number of sulfonamides is 1. The molecule has 0 amide bonds. The van der Waals surface area contributed by atoms with E-state index in [2.05, 4.69) is 20.3 Å². The molecule has 1 heterocycles. The third kappa shape index (κ3) is 2.13. The summed E-state index contributed by atoms with van der Waals surface area (Å²) < 4.78 is 27.5. The molecule has 1 aromatic rings. The summed E-state index contributed by atoms with van der Waals surface area (Å²) in [6.45, 7) is 1.46. The summed E-state index contributed by atoms with van der Waals surface area (Å²) in [6, 6.07) is 3.70. The number of carbonyl (C=O) groups is 1. The highest BCUT2D eigenvalue weighted by atomic mass is 79.9. The van der Waals surface area contributed by atoms with Crippen molar-refractivity contribution in [3.8, 4) is 0 Å². The average molecular weight is 333 g/mol. The molecular formula is C10H9BrN2O4S. The molecule has 0 bridgehead atoms. The third-order valence-electron chi connectivity index (χ3n) is 2.56. The number of halogens is 1. The molecule has 6 nitrogen and oxygen atoms in total. The number of hydrogen-bond donors (Lipinski definition) is 1. The molecule has 0 saturated heterocycles. The minimum absolute atomic E-state index is 0.00697. The van der Waals surface area contributed by atoms with Crippen molar-refractivity contribution in [3.63, 3.8) is 0 Å². The van der Waals surface area contributed by atoms with Crippen LogP contribution < -0.4 is 4.90 Å². The van der Waals surface area contributed by atoms with Gasteiger partial charge in [0.05, 0.1) is 5.69 Å². The van der Waals surface area contributed by atoms with Gasteiger partial charge in [-0.1, -0.05) is 15.9 Å². The van der Waals surface area contributed by atoms with Crippen LogP contribution in [-0.4, -0.2) is 31.9 Å². The van der Waals surface area contributed by atoms with Crippen molar-refractivity contribution in [2.45, 2.75) is 17.9 Å². The lowest BCUT2D eigenvalue weighted by molar-refractivity contribution is -0.137. The second kappa shape index (κ2) is 4.36. The smallest absolute Gasteiger partial charge is 0.326 e. The molecule has 1 atom stereocenters. The molecule has 96 valence electrons. The van der Waals surface area contributed by atoms with E-state index >= 15 is 0 Å². The number of aliphatic carboxylic acids is 1. The van der Waals surface area contributed by atoms with Crippen LogP contribution in [0, 0.1) is 0 Å². The van der Waals surface area contributed by atoms with Gasteiger partial charge in [0.25, 0.3) is 10.0 Å². The summed E-state index contributed by atoms with van der Waals surface area (Å²) in [7, 11) is -3.75. The Labute approximate surface area is 112 Å². The lowest BCUT2D eigenvalue weighted by Gasteiger charge is -2.28. The molecule has 1 aliphatic rings. The Kier molecular flexibility index (Phi) is 3.16. The van der Waals surface area contributed by atoms with E-state index in [-0.39, 0.29) is 4.90 Å². The van der Waals surface area contributed by atoms with E-state index in [1.54, 1.807) is 12.1 Å². The number of anilines is 1. The molecule has 0 radical (unpaired) electrons. The maximum Gasteiger partial charge on any atom is 0.326 e.